The fourth-order valence-electron chi connectivity index (χ4n) is 1.62. The molecule has 0 aliphatic rings. The maximum Gasteiger partial charge on any atom is 0.262 e. The fraction of sp³-hybridized carbons (Fsp3) is 0.333. The van der Waals surface area contributed by atoms with Gasteiger partial charge in [-0.3, -0.25) is 4.79 Å². The number of nitrogens with zero attached hydrogens (tertiary/aromatic N) is 1. The highest BCUT2D eigenvalue weighted by Gasteiger charge is 2.09. The minimum absolute atomic E-state index is 0.0123. The maximum absolute atomic E-state index is 11.8. The second-order valence-electron chi connectivity index (χ2n) is 4.03. The van der Waals surface area contributed by atoms with Crippen LogP contribution in [0.25, 0.3) is 6.08 Å². The number of benzene rings is 1. The first kappa shape index (κ1) is 16.5. The lowest BCUT2D eigenvalue weighted by Crippen LogP contribution is -2.27. The van der Waals surface area contributed by atoms with Crippen LogP contribution in [0.15, 0.2) is 23.8 Å². The number of ether oxygens (including phenoxy) is 3. The molecule has 1 rings (SSSR count). The van der Waals surface area contributed by atoms with E-state index in [4.69, 9.17) is 19.5 Å². The highest BCUT2D eigenvalue weighted by molar-refractivity contribution is 6.01. The van der Waals surface area contributed by atoms with E-state index < -0.39 is 5.91 Å². The van der Waals surface area contributed by atoms with Crippen molar-refractivity contribution in [3.63, 3.8) is 0 Å². The van der Waals surface area contributed by atoms with Crippen molar-refractivity contribution in [2.75, 3.05) is 34.5 Å². The van der Waals surface area contributed by atoms with Crippen LogP contribution in [-0.4, -0.2) is 40.4 Å². The summed E-state index contributed by atoms with van der Waals surface area (Å²) in [4.78, 5) is 11.8. The molecule has 0 aromatic heterocycles. The van der Waals surface area contributed by atoms with Crippen LogP contribution < -0.4 is 14.8 Å². The van der Waals surface area contributed by atoms with Crippen molar-refractivity contribution < 1.29 is 19.0 Å². The summed E-state index contributed by atoms with van der Waals surface area (Å²) in [6, 6.07) is 7.02. The molecule has 0 aliphatic carbocycles. The molecule has 0 unspecified atom stereocenters. The molecule has 6 nitrogen and oxygen atoms in total. The number of carbonyl (C=O) groups is 1. The van der Waals surface area contributed by atoms with Gasteiger partial charge in [0.2, 0.25) is 0 Å². The van der Waals surface area contributed by atoms with Crippen molar-refractivity contribution in [3.05, 3.63) is 29.3 Å². The third-order valence-electron chi connectivity index (χ3n) is 2.68. The molecule has 112 valence electrons. The largest absolute Gasteiger partial charge is 0.493 e. The van der Waals surface area contributed by atoms with Crippen molar-refractivity contribution in [2.45, 2.75) is 0 Å². The molecular formula is C15H18N2O4. The first-order chi connectivity index (χ1) is 10.2. The molecule has 21 heavy (non-hydrogen) atoms. The lowest BCUT2D eigenvalue weighted by molar-refractivity contribution is -0.117. The summed E-state index contributed by atoms with van der Waals surface area (Å²) in [6.45, 7) is 0.737. The number of hydrogen-bond donors (Lipinski definition) is 1. The van der Waals surface area contributed by atoms with Gasteiger partial charge < -0.3 is 19.5 Å². The number of rotatable bonds is 7. The number of hydrogen-bond acceptors (Lipinski definition) is 5. The van der Waals surface area contributed by atoms with Gasteiger partial charge in [0.15, 0.2) is 11.5 Å². The van der Waals surface area contributed by atoms with Gasteiger partial charge in [0, 0.05) is 13.7 Å². The molecule has 6 heteroatoms. The first-order valence-corrected chi connectivity index (χ1v) is 6.27. The molecule has 0 saturated heterocycles. The lowest BCUT2D eigenvalue weighted by Gasteiger charge is -2.08. The Morgan fingerprint density at radius 1 is 1.29 bits per heavy atom. The SMILES string of the molecule is COCCNC(=O)/C(C#N)=C/c1ccc(OC)c(OC)c1. The van der Waals surface area contributed by atoms with Crippen molar-refractivity contribution in [2.24, 2.45) is 0 Å². The van der Waals surface area contributed by atoms with Crippen molar-refractivity contribution >= 4 is 12.0 Å². The quantitative estimate of drug-likeness (QED) is 0.466. The fourth-order valence-corrected chi connectivity index (χ4v) is 1.62. The van der Waals surface area contributed by atoms with Gasteiger partial charge in [0.25, 0.3) is 5.91 Å². The van der Waals surface area contributed by atoms with Gasteiger partial charge in [-0.15, -0.1) is 0 Å². The number of amides is 1. The van der Waals surface area contributed by atoms with E-state index in [-0.39, 0.29) is 5.57 Å². The van der Waals surface area contributed by atoms with E-state index in [9.17, 15) is 4.79 Å². The van der Waals surface area contributed by atoms with Crippen LogP contribution in [0.4, 0.5) is 0 Å². The normalized spacial score (nSPS) is 10.7. The van der Waals surface area contributed by atoms with E-state index in [0.717, 1.165) is 0 Å². The van der Waals surface area contributed by atoms with Crippen LogP contribution in [0.3, 0.4) is 0 Å². The number of nitrogens with one attached hydrogen (secondary N) is 1. The van der Waals surface area contributed by atoms with E-state index in [1.54, 1.807) is 18.2 Å². The van der Waals surface area contributed by atoms with Gasteiger partial charge in [-0.25, -0.2) is 0 Å². The highest BCUT2D eigenvalue weighted by atomic mass is 16.5. The second-order valence-corrected chi connectivity index (χ2v) is 4.03. The molecule has 1 aromatic rings. The van der Waals surface area contributed by atoms with Crippen LogP contribution in [0.1, 0.15) is 5.56 Å². The van der Waals surface area contributed by atoms with Crippen LogP contribution in [0.2, 0.25) is 0 Å². The van der Waals surface area contributed by atoms with Crippen LogP contribution in [-0.2, 0) is 9.53 Å². The van der Waals surface area contributed by atoms with Crippen molar-refractivity contribution in [1.29, 1.82) is 5.26 Å². The molecular weight excluding hydrogens is 272 g/mol. The van der Waals surface area contributed by atoms with E-state index in [2.05, 4.69) is 5.32 Å². The molecule has 0 saturated carbocycles. The first-order valence-electron chi connectivity index (χ1n) is 6.27. The zero-order chi connectivity index (χ0) is 15.7. The van der Waals surface area contributed by atoms with E-state index in [1.165, 1.54) is 27.4 Å². The predicted molar refractivity (Wildman–Crippen MR) is 78.0 cm³/mol. The minimum Gasteiger partial charge on any atom is -0.493 e. The van der Waals surface area contributed by atoms with Gasteiger partial charge in [0.1, 0.15) is 11.6 Å². The van der Waals surface area contributed by atoms with Crippen LogP contribution in [0, 0.1) is 11.3 Å². The van der Waals surface area contributed by atoms with E-state index >= 15 is 0 Å². The van der Waals surface area contributed by atoms with Gasteiger partial charge in [-0.05, 0) is 23.8 Å². The minimum atomic E-state index is -0.440. The number of nitriles is 1. The topological polar surface area (TPSA) is 80.6 Å². The Morgan fingerprint density at radius 3 is 2.57 bits per heavy atom. The lowest BCUT2D eigenvalue weighted by atomic mass is 10.1. The summed E-state index contributed by atoms with van der Waals surface area (Å²) < 4.78 is 15.1. The zero-order valence-corrected chi connectivity index (χ0v) is 12.3. The van der Waals surface area contributed by atoms with Gasteiger partial charge >= 0.3 is 0 Å². The summed E-state index contributed by atoms with van der Waals surface area (Å²) in [5.41, 5.74) is 0.685. The maximum atomic E-state index is 11.8. The molecule has 0 fully saturated rings. The number of carbonyl (C=O) groups excluding carboxylic acids is 1. The van der Waals surface area contributed by atoms with Crippen molar-refractivity contribution in [3.8, 4) is 17.6 Å². The molecule has 0 bridgehead atoms. The molecule has 0 atom stereocenters. The summed E-state index contributed by atoms with van der Waals surface area (Å²) in [6.07, 6.45) is 1.49. The van der Waals surface area contributed by atoms with Crippen molar-refractivity contribution in [1.82, 2.24) is 5.32 Å². The average Bonchev–Trinajstić information content (AvgIpc) is 2.52. The molecule has 1 N–H and O–H groups in total. The second kappa shape index (κ2) is 8.61. The molecule has 0 aliphatic heterocycles. The Balaban J connectivity index is 2.93. The molecule has 0 heterocycles. The third kappa shape index (κ3) is 4.82. The molecule has 1 aromatic carbocycles. The predicted octanol–water partition coefficient (Wildman–Crippen LogP) is 1.37. The summed E-state index contributed by atoms with van der Waals surface area (Å²) in [5.74, 6) is 0.672. The molecule has 0 radical (unpaired) electrons. The zero-order valence-electron chi connectivity index (χ0n) is 12.3. The summed E-state index contributed by atoms with van der Waals surface area (Å²) in [5, 5.41) is 11.7. The van der Waals surface area contributed by atoms with Crippen LogP contribution >= 0.6 is 0 Å². The monoisotopic (exact) mass is 290 g/mol. The molecule has 0 spiro atoms. The third-order valence-corrected chi connectivity index (χ3v) is 2.68. The van der Waals surface area contributed by atoms with Gasteiger partial charge in [-0.1, -0.05) is 6.07 Å². The summed E-state index contributed by atoms with van der Waals surface area (Å²) >= 11 is 0. The number of methoxy groups -OCH3 is 3. The van der Waals surface area contributed by atoms with Crippen LogP contribution in [0.5, 0.6) is 11.5 Å². The smallest absolute Gasteiger partial charge is 0.262 e. The Hall–Kier alpha value is -2.52. The highest BCUT2D eigenvalue weighted by Crippen LogP contribution is 2.28. The molecule has 1 amide bonds. The van der Waals surface area contributed by atoms with Gasteiger partial charge in [0.05, 0.1) is 20.8 Å². The Bertz CT molecular complexity index is 561. The Kier molecular flexibility index (Phi) is 6.78. The average molecular weight is 290 g/mol. The standard InChI is InChI=1S/C15H18N2O4/c1-19-7-6-17-15(18)12(10-16)8-11-4-5-13(20-2)14(9-11)21-3/h4-5,8-9H,6-7H2,1-3H3,(H,17,18)/b12-8+. The Morgan fingerprint density at radius 2 is 2.00 bits per heavy atom. The van der Waals surface area contributed by atoms with Gasteiger partial charge in [-0.2, -0.15) is 5.26 Å². The van der Waals surface area contributed by atoms with E-state index in [1.807, 2.05) is 6.07 Å². The Labute approximate surface area is 123 Å². The summed E-state index contributed by atoms with van der Waals surface area (Å²) in [7, 11) is 4.60. The van der Waals surface area contributed by atoms with E-state index in [0.29, 0.717) is 30.2 Å².